The van der Waals surface area contributed by atoms with E-state index in [9.17, 15) is 4.79 Å². The average Bonchev–Trinajstić information content (AvgIpc) is 2.06. The van der Waals surface area contributed by atoms with Gasteiger partial charge >= 0.3 is 0 Å². The van der Waals surface area contributed by atoms with Gasteiger partial charge < -0.3 is 4.74 Å². The highest BCUT2D eigenvalue weighted by molar-refractivity contribution is 5.75. The molecule has 0 aliphatic rings. The highest BCUT2D eigenvalue weighted by Crippen LogP contribution is 2.13. The Morgan fingerprint density at radius 2 is 1.93 bits per heavy atom. The summed E-state index contributed by atoms with van der Waals surface area (Å²) in [6.07, 6.45) is 0.320. The molecule has 0 atom stereocenters. The van der Waals surface area contributed by atoms with Gasteiger partial charge in [0.25, 0.3) is 0 Å². The van der Waals surface area contributed by atoms with Gasteiger partial charge in [0.2, 0.25) is 5.91 Å². The van der Waals surface area contributed by atoms with Crippen LogP contribution >= 0.6 is 0 Å². The number of amides is 1. The van der Waals surface area contributed by atoms with Crippen molar-refractivity contribution in [1.82, 2.24) is 5.73 Å². The van der Waals surface area contributed by atoms with Gasteiger partial charge in [-0.1, -0.05) is 12.1 Å². The summed E-state index contributed by atoms with van der Waals surface area (Å²) in [4.78, 5) is 10.5. The van der Waals surface area contributed by atoms with Crippen LogP contribution in [0.4, 0.5) is 0 Å². The van der Waals surface area contributed by atoms with Gasteiger partial charge in [0, 0.05) is 0 Å². The molecule has 0 spiro atoms. The maximum atomic E-state index is 10.5. The van der Waals surface area contributed by atoms with Crippen molar-refractivity contribution in [2.75, 3.05) is 0 Å². The van der Waals surface area contributed by atoms with Crippen LogP contribution in [0.5, 0.6) is 5.75 Å². The molecule has 75 valence electrons. The van der Waals surface area contributed by atoms with Crippen LogP contribution in [-0.2, 0) is 11.2 Å². The smallest absolute Gasteiger partial charge is 0.242 e. The molecular weight excluding hydrogens is 178 g/mol. The highest BCUT2D eigenvalue weighted by Gasteiger charge is 2.00. The summed E-state index contributed by atoms with van der Waals surface area (Å²) in [6.45, 7) is 3.92. The van der Waals surface area contributed by atoms with Crippen molar-refractivity contribution in [3.63, 3.8) is 0 Å². The molecule has 0 aromatic heterocycles. The van der Waals surface area contributed by atoms with Crippen LogP contribution in [0.25, 0.3) is 0 Å². The first kappa shape index (κ1) is 10.6. The van der Waals surface area contributed by atoms with Gasteiger partial charge in [-0.05, 0) is 31.5 Å². The molecule has 0 aliphatic heterocycles. The molecule has 1 aromatic rings. The summed E-state index contributed by atoms with van der Waals surface area (Å²) in [5.41, 5.74) is 7.66. The Morgan fingerprint density at radius 3 is 2.36 bits per heavy atom. The molecule has 0 bridgehead atoms. The van der Waals surface area contributed by atoms with E-state index in [0.717, 1.165) is 11.3 Å². The van der Waals surface area contributed by atoms with E-state index in [1.54, 1.807) is 0 Å². The molecule has 0 aliphatic carbocycles. The van der Waals surface area contributed by atoms with Crippen LogP contribution in [0, 0.1) is 0 Å². The Balaban J connectivity index is 2.63. The Bertz CT molecular complexity index is 304. The van der Waals surface area contributed by atoms with Crippen molar-refractivity contribution in [3.8, 4) is 5.75 Å². The van der Waals surface area contributed by atoms with Gasteiger partial charge in [-0.3, -0.25) is 10.5 Å². The van der Waals surface area contributed by atoms with Gasteiger partial charge in [-0.2, -0.15) is 0 Å². The number of nitrogens with one attached hydrogen (secondary N) is 1. The molecule has 1 N–H and O–H groups in total. The minimum absolute atomic E-state index is 0.152. The predicted octanol–water partition coefficient (Wildman–Crippen LogP) is 1.83. The average molecular weight is 192 g/mol. The van der Waals surface area contributed by atoms with E-state index in [4.69, 9.17) is 10.5 Å². The monoisotopic (exact) mass is 192 g/mol. The van der Waals surface area contributed by atoms with Crippen LogP contribution in [0.1, 0.15) is 19.4 Å². The normalized spacial score (nSPS) is 10.2. The van der Waals surface area contributed by atoms with Crippen molar-refractivity contribution < 1.29 is 9.53 Å². The summed E-state index contributed by atoms with van der Waals surface area (Å²) >= 11 is 0. The topological polar surface area (TPSA) is 50.1 Å². The lowest BCUT2D eigenvalue weighted by Gasteiger charge is -2.09. The number of rotatable bonds is 4. The number of benzene rings is 1. The Labute approximate surface area is 83.9 Å². The number of ether oxygens (including phenoxy) is 1. The molecular formula is C11H14NO2. The molecule has 1 rings (SSSR count). The van der Waals surface area contributed by atoms with E-state index < -0.39 is 5.91 Å². The van der Waals surface area contributed by atoms with Crippen molar-refractivity contribution in [2.45, 2.75) is 26.4 Å². The predicted molar refractivity (Wildman–Crippen MR) is 54.0 cm³/mol. The van der Waals surface area contributed by atoms with Gasteiger partial charge in [0.05, 0.1) is 12.5 Å². The minimum atomic E-state index is -0.567. The first-order valence-electron chi connectivity index (χ1n) is 4.58. The Morgan fingerprint density at radius 1 is 1.36 bits per heavy atom. The largest absolute Gasteiger partial charge is 0.491 e. The second-order valence-electron chi connectivity index (χ2n) is 3.41. The van der Waals surface area contributed by atoms with Crippen molar-refractivity contribution in [3.05, 3.63) is 29.8 Å². The summed E-state index contributed by atoms with van der Waals surface area (Å²) in [5.74, 6) is 0.226. The van der Waals surface area contributed by atoms with Gasteiger partial charge in [0.1, 0.15) is 5.75 Å². The van der Waals surface area contributed by atoms with Gasteiger partial charge in [-0.15, -0.1) is 0 Å². The molecule has 0 fully saturated rings. The highest BCUT2D eigenvalue weighted by atomic mass is 16.5. The SMILES string of the molecule is CC(C)Oc1ccc(CC([NH])=O)cc1. The third kappa shape index (κ3) is 3.47. The molecule has 0 unspecified atom stereocenters. The van der Waals surface area contributed by atoms with Crippen LogP contribution < -0.4 is 10.5 Å². The molecule has 1 amide bonds. The maximum absolute atomic E-state index is 10.5. The molecule has 1 radical (unpaired) electrons. The Hall–Kier alpha value is -1.51. The first-order valence-corrected chi connectivity index (χ1v) is 4.58. The van der Waals surface area contributed by atoms with Crippen LogP contribution in [-0.4, -0.2) is 12.0 Å². The number of hydrogen-bond acceptors (Lipinski definition) is 2. The molecule has 14 heavy (non-hydrogen) atoms. The van der Waals surface area contributed by atoms with Crippen LogP contribution in [0.15, 0.2) is 24.3 Å². The van der Waals surface area contributed by atoms with E-state index in [1.807, 2.05) is 38.1 Å². The summed E-state index contributed by atoms with van der Waals surface area (Å²) < 4.78 is 5.44. The fourth-order valence-corrected chi connectivity index (χ4v) is 1.14. The molecule has 0 saturated heterocycles. The van der Waals surface area contributed by atoms with Gasteiger partial charge in [0.15, 0.2) is 0 Å². The van der Waals surface area contributed by atoms with E-state index in [0.29, 0.717) is 0 Å². The maximum Gasteiger partial charge on any atom is 0.242 e. The molecule has 0 saturated carbocycles. The zero-order valence-electron chi connectivity index (χ0n) is 8.41. The third-order valence-corrected chi connectivity index (χ3v) is 1.66. The van der Waals surface area contributed by atoms with E-state index in [1.165, 1.54) is 0 Å². The van der Waals surface area contributed by atoms with E-state index in [-0.39, 0.29) is 12.5 Å². The summed E-state index contributed by atoms with van der Waals surface area (Å²) in [5, 5.41) is 0. The van der Waals surface area contributed by atoms with Crippen LogP contribution in [0.2, 0.25) is 0 Å². The lowest BCUT2D eigenvalue weighted by molar-refractivity contribution is -0.118. The van der Waals surface area contributed by atoms with Crippen molar-refractivity contribution >= 4 is 5.91 Å². The molecule has 3 heteroatoms. The lowest BCUT2D eigenvalue weighted by Crippen LogP contribution is -2.06. The molecule has 0 heterocycles. The second kappa shape index (κ2) is 4.65. The number of carbonyl (C=O) groups is 1. The zero-order chi connectivity index (χ0) is 10.6. The standard InChI is InChI=1S/C11H14NO2/c1-8(2)14-10-5-3-9(4-6-10)7-11(12)13/h3-6,8,12H,7H2,1-2H3. The molecule has 1 aromatic carbocycles. The fourth-order valence-electron chi connectivity index (χ4n) is 1.14. The van der Waals surface area contributed by atoms with Crippen molar-refractivity contribution in [1.29, 1.82) is 0 Å². The fraction of sp³-hybridized carbons (Fsp3) is 0.364. The minimum Gasteiger partial charge on any atom is -0.491 e. The summed E-state index contributed by atoms with van der Waals surface area (Å²) in [7, 11) is 0. The molecule has 3 nitrogen and oxygen atoms in total. The summed E-state index contributed by atoms with van der Waals surface area (Å²) in [6, 6.07) is 7.25. The van der Waals surface area contributed by atoms with E-state index in [2.05, 4.69) is 0 Å². The van der Waals surface area contributed by atoms with E-state index >= 15 is 0 Å². The zero-order valence-corrected chi connectivity index (χ0v) is 8.41. The first-order chi connectivity index (χ1) is 6.58. The Kier molecular flexibility index (Phi) is 3.51. The number of carbonyl (C=O) groups excluding carboxylic acids is 1. The third-order valence-electron chi connectivity index (χ3n) is 1.66. The second-order valence-corrected chi connectivity index (χ2v) is 3.41. The van der Waals surface area contributed by atoms with Crippen molar-refractivity contribution in [2.24, 2.45) is 0 Å². The lowest BCUT2D eigenvalue weighted by atomic mass is 10.1. The van der Waals surface area contributed by atoms with Crippen LogP contribution in [0.3, 0.4) is 0 Å². The van der Waals surface area contributed by atoms with Gasteiger partial charge in [-0.25, -0.2) is 0 Å². The quantitative estimate of drug-likeness (QED) is 0.730. The number of hydrogen-bond donors (Lipinski definition) is 0.